The van der Waals surface area contributed by atoms with Crippen molar-refractivity contribution >= 4 is 28.4 Å². The number of benzene rings is 2. The zero-order valence-electron chi connectivity index (χ0n) is 11.5. The van der Waals surface area contributed by atoms with E-state index in [0.717, 1.165) is 22.4 Å². The van der Waals surface area contributed by atoms with Crippen molar-refractivity contribution in [2.75, 3.05) is 4.90 Å². The molecule has 0 aliphatic carbocycles. The summed E-state index contributed by atoms with van der Waals surface area (Å²) in [5.74, 6) is 0.404. The molecular weight excluding hydrogens is 262 g/mol. The zero-order chi connectivity index (χ0) is 14.4. The highest BCUT2D eigenvalue weighted by Crippen LogP contribution is 2.39. The summed E-state index contributed by atoms with van der Waals surface area (Å²) >= 11 is 0. The number of para-hydroxylation sites is 3. The van der Waals surface area contributed by atoms with E-state index in [1.54, 1.807) is 4.90 Å². The molecule has 3 aromatic rings. The number of fused-ring (bicyclic) bond motifs is 2. The quantitative estimate of drug-likeness (QED) is 0.683. The lowest BCUT2D eigenvalue weighted by Crippen LogP contribution is -2.23. The lowest BCUT2D eigenvalue weighted by molar-refractivity contribution is -0.118. The van der Waals surface area contributed by atoms with Gasteiger partial charge in [0, 0.05) is 0 Å². The van der Waals surface area contributed by atoms with E-state index in [1.807, 2.05) is 61.5 Å². The van der Waals surface area contributed by atoms with Crippen molar-refractivity contribution in [2.24, 2.45) is 0 Å². The van der Waals surface area contributed by atoms with Crippen LogP contribution in [0.2, 0.25) is 0 Å². The average molecular weight is 275 g/mol. The van der Waals surface area contributed by atoms with E-state index < -0.39 is 0 Å². The topological polar surface area (TPSA) is 46.1 Å². The lowest BCUT2D eigenvalue weighted by atomic mass is 10.1. The predicted molar refractivity (Wildman–Crippen MR) is 81.5 cm³/mol. The molecule has 21 heavy (non-hydrogen) atoms. The summed E-state index contributed by atoms with van der Waals surface area (Å²) < 4.78 is 0. The van der Waals surface area contributed by atoms with Gasteiger partial charge in [0.2, 0.25) is 5.91 Å². The van der Waals surface area contributed by atoms with Crippen LogP contribution < -0.4 is 4.90 Å². The molecule has 0 fully saturated rings. The highest BCUT2D eigenvalue weighted by atomic mass is 16.2. The van der Waals surface area contributed by atoms with Crippen LogP contribution in [-0.2, 0) is 4.79 Å². The molecule has 1 aliphatic rings. The van der Waals surface area contributed by atoms with E-state index in [0.29, 0.717) is 5.82 Å². The molecule has 0 saturated heterocycles. The van der Waals surface area contributed by atoms with Crippen LogP contribution in [-0.4, -0.2) is 15.9 Å². The summed E-state index contributed by atoms with van der Waals surface area (Å²) in [6, 6.07) is 17.3. The van der Waals surface area contributed by atoms with Gasteiger partial charge in [-0.1, -0.05) is 30.3 Å². The molecule has 4 nitrogen and oxygen atoms in total. The predicted octanol–water partition coefficient (Wildman–Crippen LogP) is 3.41. The summed E-state index contributed by atoms with van der Waals surface area (Å²) in [4.78, 5) is 23.5. The molecule has 0 N–H and O–H groups in total. The van der Waals surface area contributed by atoms with Crippen molar-refractivity contribution in [3.63, 3.8) is 0 Å². The Balaban J connectivity index is 1.97. The Labute approximate surface area is 122 Å². The van der Waals surface area contributed by atoms with E-state index in [4.69, 9.17) is 0 Å². The van der Waals surface area contributed by atoms with Crippen molar-refractivity contribution in [3.05, 3.63) is 60.3 Å². The number of rotatable bonds is 1. The van der Waals surface area contributed by atoms with E-state index in [2.05, 4.69) is 9.97 Å². The minimum atomic E-state index is -0.266. The van der Waals surface area contributed by atoms with Crippen LogP contribution in [0.5, 0.6) is 0 Å². The van der Waals surface area contributed by atoms with Gasteiger partial charge < -0.3 is 0 Å². The van der Waals surface area contributed by atoms with Gasteiger partial charge in [-0.2, -0.15) is 0 Å². The number of hydrogen-bond donors (Lipinski definition) is 0. The van der Waals surface area contributed by atoms with Crippen LogP contribution in [0.15, 0.2) is 54.6 Å². The van der Waals surface area contributed by atoms with E-state index >= 15 is 0 Å². The van der Waals surface area contributed by atoms with E-state index in [-0.39, 0.29) is 11.8 Å². The highest BCUT2D eigenvalue weighted by molar-refractivity contribution is 6.09. The number of carbonyl (C=O) groups is 1. The largest absolute Gasteiger partial charge is 0.273 e. The van der Waals surface area contributed by atoms with Gasteiger partial charge in [-0.3, -0.25) is 9.69 Å². The lowest BCUT2D eigenvalue weighted by Gasteiger charge is -2.16. The third-order valence-electron chi connectivity index (χ3n) is 3.81. The Bertz CT molecular complexity index is 845. The molecular formula is C17H13N3O. The zero-order valence-corrected chi connectivity index (χ0v) is 11.5. The minimum absolute atomic E-state index is 0.0199. The van der Waals surface area contributed by atoms with Gasteiger partial charge in [0.25, 0.3) is 0 Å². The Morgan fingerprint density at radius 2 is 1.52 bits per heavy atom. The average Bonchev–Trinajstić information content (AvgIpc) is 2.77. The Hall–Kier alpha value is -2.75. The van der Waals surface area contributed by atoms with Crippen LogP contribution in [0.1, 0.15) is 18.5 Å². The molecule has 1 aliphatic heterocycles. The van der Waals surface area contributed by atoms with Crippen LogP contribution in [0.25, 0.3) is 11.0 Å². The smallest absolute Gasteiger partial charge is 0.241 e. The summed E-state index contributed by atoms with van der Waals surface area (Å²) in [5, 5.41) is 0. The molecule has 2 heterocycles. The second kappa shape index (κ2) is 4.38. The molecule has 2 aromatic carbocycles. The number of aromatic nitrogens is 2. The number of nitrogens with zero attached hydrogens (tertiary/aromatic N) is 3. The number of anilines is 2. The number of amides is 1. The number of hydrogen-bond acceptors (Lipinski definition) is 3. The maximum absolute atomic E-state index is 12.6. The molecule has 1 aromatic heterocycles. The molecule has 0 bridgehead atoms. The third-order valence-corrected chi connectivity index (χ3v) is 3.81. The molecule has 0 spiro atoms. The monoisotopic (exact) mass is 275 g/mol. The second-order valence-electron chi connectivity index (χ2n) is 5.15. The molecule has 1 atom stereocenters. The van der Waals surface area contributed by atoms with Crippen molar-refractivity contribution in [1.29, 1.82) is 0 Å². The molecule has 1 amide bonds. The molecule has 0 saturated carbocycles. The molecule has 4 heteroatoms. The fourth-order valence-corrected chi connectivity index (χ4v) is 2.70. The SMILES string of the molecule is CC1C(=O)N(c2ccccc2)c2nc3ccccc3nc21. The second-order valence-corrected chi connectivity index (χ2v) is 5.15. The van der Waals surface area contributed by atoms with Crippen molar-refractivity contribution in [1.82, 2.24) is 9.97 Å². The van der Waals surface area contributed by atoms with Gasteiger partial charge in [0.1, 0.15) is 0 Å². The summed E-state index contributed by atoms with van der Waals surface area (Å²) in [6.07, 6.45) is 0. The van der Waals surface area contributed by atoms with Crippen LogP contribution in [0.4, 0.5) is 11.5 Å². The summed E-state index contributed by atoms with van der Waals surface area (Å²) in [6.45, 7) is 1.88. The maximum Gasteiger partial charge on any atom is 0.241 e. The van der Waals surface area contributed by atoms with Crippen LogP contribution in [0, 0.1) is 0 Å². The third kappa shape index (κ3) is 1.72. The first kappa shape index (κ1) is 12.0. The van der Waals surface area contributed by atoms with E-state index in [9.17, 15) is 4.79 Å². The molecule has 0 radical (unpaired) electrons. The first-order valence-corrected chi connectivity index (χ1v) is 6.91. The molecule has 1 unspecified atom stereocenters. The van der Waals surface area contributed by atoms with Gasteiger partial charge in [0.05, 0.1) is 28.3 Å². The fourth-order valence-electron chi connectivity index (χ4n) is 2.70. The standard InChI is InChI=1S/C17H13N3O/c1-11-15-16(19-14-10-6-5-9-13(14)18-15)20(17(11)21)12-7-3-2-4-8-12/h2-11H,1H3. The van der Waals surface area contributed by atoms with E-state index in [1.165, 1.54) is 0 Å². The van der Waals surface area contributed by atoms with Gasteiger partial charge in [-0.15, -0.1) is 0 Å². The van der Waals surface area contributed by atoms with Crippen molar-refractivity contribution in [3.8, 4) is 0 Å². The van der Waals surface area contributed by atoms with Crippen LogP contribution >= 0.6 is 0 Å². The first-order valence-electron chi connectivity index (χ1n) is 6.91. The Morgan fingerprint density at radius 3 is 2.24 bits per heavy atom. The van der Waals surface area contributed by atoms with Crippen molar-refractivity contribution in [2.45, 2.75) is 12.8 Å². The van der Waals surface area contributed by atoms with Gasteiger partial charge >= 0.3 is 0 Å². The Morgan fingerprint density at radius 1 is 0.905 bits per heavy atom. The minimum Gasteiger partial charge on any atom is -0.273 e. The van der Waals surface area contributed by atoms with Gasteiger partial charge in [-0.05, 0) is 31.2 Å². The maximum atomic E-state index is 12.6. The van der Waals surface area contributed by atoms with Crippen LogP contribution in [0.3, 0.4) is 0 Å². The summed E-state index contributed by atoms with van der Waals surface area (Å²) in [7, 11) is 0. The van der Waals surface area contributed by atoms with Crippen molar-refractivity contribution < 1.29 is 4.79 Å². The van der Waals surface area contributed by atoms with Gasteiger partial charge in [-0.25, -0.2) is 9.97 Å². The first-order chi connectivity index (χ1) is 10.3. The molecule has 4 rings (SSSR count). The molecule has 102 valence electrons. The summed E-state index contributed by atoms with van der Waals surface area (Å²) in [5.41, 5.74) is 3.21. The normalized spacial score (nSPS) is 17.3. The fraction of sp³-hybridized carbons (Fsp3) is 0.118. The van der Waals surface area contributed by atoms with Gasteiger partial charge in [0.15, 0.2) is 5.82 Å². The highest BCUT2D eigenvalue weighted by Gasteiger charge is 2.38. The Kier molecular flexibility index (Phi) is 2.51. The number of carbonyl (C=O) groups excluding carboxylic acids is 1.